The summed E-state index contributed by atoms with van der Waals surface area (Å²) >= 11 is 1.21. The molecule has 0 saturated carbocycles. The first-order chi connectivity index (χ1) is 17.8. The van der Waals surface area contributed by atoms with E-state index in [2.05, 4.69) is 25.3 Å². The number of carbonyl (C=O) groups is 2. The van der Waals surface area contributed by atoms with Gasteiger partial charge >= 0.3 is 0 Å². The molecule has 3 aromatic rings. The standard InChI is InChI=1S/C29H35N3O4S/c1-7-10-16-22-20(4)26-24(28(34)32(22)19-23(33)21-14-12-11-13-15-21)25(36-6)27(37-26)29(35)30(5)17-18-31(8-2)9-3/h7,10-16H,4,8-9,17-19H2,1-3,5-6H3/b10-7-,22-16+. The van der Waals surface area contributed by atoms with E-state index in [-0.39, 0.29) is 34.9 Å². The van der Waals surface area contributed by atoms with Crippen LogP contribution in [0, 0.1) is 0 Å². The zero-order valence-electron chi connectivity index (χ0n) is 22.2. The molecule has 37 heavy (non-hydrogen) atoms. The lowest BCUT2D eigenvalue weighted by Gasteiger charge is -2.23. The molecule has 8 heteroatoms. The third-order valence-corrected chi connectivity index (χ3v) is 7.65. The highest BCUT2D eigenvalue weighted by Crippen LogP contribution is 2.34. The average Bonchev–Trinajstić information content (AvgIpc) is 3.32. The molecule has 1 amide bonds. The Kier molecular flexibility index (Phi) is 9.60. The van der Waals surface area contributed by atoms with Crippen molar-refractivity contribution in [2.75, 3.05) is 40.3 Å². The van der Waals surface area contributed by atoms with Crippen LogP contribution in [0.25, 0.3) is 22.7 Å². The molecule has 2 aromatic heterocycles. The summed E-state index contributed by atoms with van der Waals surface area (Å²) in [5, 5.41) is 1.37. The van der Waals surface area contributed by atoms with E-state index in [9.17, 15) is 14.4 Å². The summed E-state index contributed by atoms with van der Waals surface area (Å²) in [5.74, 6) is -0.179. The van der Waals surface area contributed by atoms with Gasteiger partial charge in [-0.2, -0.15) is 0 Å². The lowest BCUT2D eigenvalue weighted by molar-refractivity contribution is 0.0781. The predicted octanol–water partition coefficient (Wildman–Crippen LogP) is 3.14. The molecular weight excluding hydrogens is 486 g/mol. The number of pyridine rings is 1. The zero-order valence-corrected chi connectivity index (χ0v) is 23.1. The fraction of sp³-hybridized carbons (Fsp3) is 0.345. The van der Waals surface area contributed by atoms with Crippen molar-refractivity contribution >= 4 is 45.8 Å². The SMILES string of the molecule is C=c1/c(=C\C=C/C)n(CC(=O)c2ccccc2)c(=O)c2c(OC)c(C(=O)N(C)CCN(CC)CC)sc12. The lowest BCUT2D eigenvalue weighted by Crippen LogP contribution is -2.44. The minimum absolute atomic E-state index is 0.156. The number of benzene rings is 1. The smallest absolute Gasteiger partial charge is 0.267 e. The molecule has 3 rings (SSSR count). The number of likely N-dealkylation sites (N-methyl/N-ethyl adjacent to an activating group) is 2. The Morgan fingerprint density at radius 2 is 1.81 bits per heavy atom. The first kappa shape index (κ1) is 28.1. The number of aromatic nitrogens is 1. The fourth-order valence-corrected chi connectivity index (χ4v) is 5.42. The number of methoxy groups -OCH3 is 1. The maximum absolute atomic E-state index is 13.8. The normalized spacial score (nSPS) is 12.1. The molecule has 0 fully saturated rings. The molecule has 7 nitrogen and oxygen atoms in total. The topological polar surface area (TPSA) is 71.8 Å². The van der Waals surface area contributed by atoms with Crippen LogP contribution < -0.4 is 20.9 Å². The first-order valence-electron chi connectivity index (χ1n) is 12.4. The summed E-state index contributed by atoms with van der Waals surface area (Å²) in [6, 6.07) is 8.86. The van der Waals surface area contributed by atoms with Gasteiger partial charge in [-0.25, -0.2) is 0 Å². The van der Waals surface area contributed by atoms with Crippen molar-refractivity contribution in [3.05, 3.63) is 73.8 Å². The van der Waals surface area contributed by atoms with Crippen molar-refractivity contribution < 1.29 is 14.3 Å². The van der Waals surface area contributed by atoms with Gasteiger partial charge in [-0.05, 0) is 26.1 Å². The molecule has 0 N–H and O–H groups in total. The van der Waals surface area contributed by atoms with Crippen LogP contribution in [0.3, 0.4) is 0 Å². The number of carbonyl (C=O) groups excluding carboxylic acids is 2. The number of thiophene rings is 1. The van der Waals surface area contributed by atoms with E-state index < -0.39 is 0 Å². The molecule has 0 bridgehead atoms. The summed E-state index contributed by atoms with van der Waals surface area (Å²) in [6.45, 7) is 13.2. The lowest BCUT2D eigenvalue weighted by atomic mass is 10.1. The molecule has 0 radical (unpaired) electrons. The minimum atomic E-state index is -0.389. The van der Waals surface area contributed by atoms with Crippen molar-refractivity contribution in [3.8, 4) is 5.75 Å². The van der Waals surface area contributed by atoms with Crippen LogP contribution in [0.1, 0.15) is 40.8 Å². The number of ketones is 1. The van der Waals surface area contributed by atoms with Crippen molar-refractivity contribution in [3.63, 3.8) is 0 Å². The largest absolute Gasteiger partial charge is 0.494 e. The van der Waals surface area contributed by atoms with Crippen molar-refractivity contribution in [2.45, 2.75) is 27.3 Å². The quantitative estimate of drug-likeness (QED) is 0.363. The Morgan fingerprint density at radius 3 is 2.41 bits per heavy atom. The van der Waals surface area contributed by atoms with E-state index in [1.54, 1.807) is 48.4 Å². The second-order valence-electron chi connectivity index (χ2n) is 8.66. The van der Waals surface area contributed by atoms with Crippen LogP contribution >= 0.6 is 11.3 Å². The number of hydrogen-bond donors (Lipinski definition) is 0. The first-order valence-corrected chi connectivity index (χ1v) is 13.2. The fourth-order valence-electron chi connectivity index (χ4n) is 4.18. The molecule has 0 saturated heterocycles. The second kappa shape index (κ2) is 12.7. The number of hydrogen-bond acceptors (Lipinski definition) is 6. The molecule has 0 aliphatic heterocycles. The van der Waals surface area contributed by atoms with Crippen LogP contribution in [0.5, 0.6) is 5.75 Å². The van der Waals surface area contributed by atoms with Gasteiger partial charge in [-0.15, -0.1) is 11.3 Å². The number of fused-ring (bicyclic) bond motifs is 1. The van der Waals surface area contributed by atoms with E-state index in [1.807, 2.05) is 19.1 Å². The van der Waals surface area contributed by atoms with Gasteiger partial charge < -0.3 is 14.5 Å². The molecule has 0 aliphatic rings. The van der Waals surface area contributed by atoms with Gasteiger partial charge in [0.05, 0.1) is 23.7 Å². The summed E-state index contributed by atoms with van der Waals surface area (Å²) in [5.41, 5.74) is 0.125. The summed E-state index contributed by atoms with van der Waals surface area (Å²) in [6.07, 6.45) is 5.41. The molecule has 0 aliphatic carbocycles. The van der Waals surface area contributed by atoms with Crippen LogP contribution in [-0.2, 0) is 6.54 Å². The number of Topliss-reactive ketones (excluding diaryl/α,β-unsaturated/α-hetero) is 1. The second-order valence-corrected chi connectivity index (χ2v) is 9.68. The number of nitrogens with zero attached hydrogens (tertiary/aromatic N) is 3. The average molecular weight is 522 g/mol. The highest BCUT2D eigenvalue weighted by atomic mass is 32.1. The van der Waals surface area contributed by atoms with Crippen LogP contribution in [0.15, 0.2) is 47.3 Å². The molecule has 0 unspecified atom stereocenters. The summed E-state index contributed by atoms with van der Waals surface area (Å²) < 4.78 is 7.65. The molecular formula is C29H35N3O4S. The number of allylic oxidation sites excluding steroid dienone is 2. The monoisotopic (exact) mass is 521 g/mol. The summed E-state index contributed by atoms with van der Waals surface area (Å²) in [7, 11) is 3.21. The molecule has 0 atom stereocenters. The van der Waals surface area contributed by atoms with Crippen LogP contribution in [0.4, 0.5) is 0 Å². The molecule has 2 heterocycles. The van der Waals surface area contributed by atoms with Crippen LogP contribution in [-0.4, -0.2) is 66.4 Å². The minimum Gasteiger partial charge on any atom is -0.494 e. The van der Waals surface area contributed by atoms with Gasteiger partial charge in [0, 0.05) is 30.9 Å². The van der Waals surface area contributed by atoms with Crippen molar-refractivity contribution in [1.82, 2.24) is 14.4 Å². The Hall–Kier alpha value is -3.49. The van der Waals surface area contributed by atoms with Gasteiger partial charge in [0.1, 0.15) is 10.3 Å². The van der Waals surface area contributed by atoms with E-state index >= 15 is 0 Å². The van der Waals surface area contributed by atoms with Gasteiger partial charge in [-0.3, -0.25) is 19.0 Å². The number of amides is 1. The molecule has 196 valence electrons. The molecule has 1 aromatic carbocycles. The van der Waals surface area contributed by atoms with Crippen LogP contribution in [0.2, 0.25) is 0 Å². The van der Waals surface area contributed by atoms with Gasteiger partial charge in [-0.1, -0.05) is 62.9 Å². The third-order valence-electron chi connectivity index (χ3n) is 6.43. The Balaban J connectivity index is 2.17. The number of ether oxygens (including phenoxy) is 1. The van der Waals surface area contributed by atoms with Crippen molar-refractivity contribution in [2.24, 2.45) is 0 Å². The van der Waals surface area contributed by atoms with E-state index in [4.69, 9.17) is 4.74 Å². The molecule has 0 spiro atoms. The predicted molar refractivity (Wildman–Crippen MR) is 152 cm³/mol. The Labute approximate surface area is 221 Å². The van der Waals surface area contributed by atoms with Gasteiger partial charge in [0.25, 0.3) is 11.5 Å². The maximum Gasteiger partial charge on any atom is 0.267 e. The van der Waals surface area contributed by atoms with Crippen molar-refractivity contribution in [1.29, 1.82) is 0 Å². The maximum atomic E-state index is 13.8. The van der Waals surface area contributed by atoms with E-state index in [0.717, 1.165) is 19.6 Å². The Bertz CT molecular complexity index is 1470. The zero-order chi connectivity index (χ0) is 27.1. The Morgan fingerprint density at radius 1 is 1.14 bits per heavy atom. The highest BCUT2D eigenvalue weighted by Gasteiger charge is 2.26. The van der Waals surface area contributed by atoms with Gasteiger partial charge in [0.2, 0.25) is 0 Å². The van der Waals surface area contributed by atoms with E-state index in [1.165, 1.54) is 23.0 Å². The third kappa shape index (κ3) is 5.92. The number of rotatable bonds is 11. The van der Waals surface area contributed by atoms with E-state index in [0.29, 0.717) is 32.3 Å². The highest BCUT2D eigenvalue weighted by molar-refractivity contribution is 7.21. The van der Waals surface area contributed by atoms with Gasteiger partial charge in [0.15, 0.2) is 11.5 Å². The summed E-state index contributed by atoms with van der Waals surface area (Å²) in [4.78, 5) is 44.6.